The standard InChI is InChI=1S/C10H8ClNO2/c1-14-10-7-4-6(11)2-3-8(7)12-9(10)5-13/h2-5,12H,1H3. The molecule has 4 heteroatoms. The van der Waals surface area contributed by atoms with Crippen molar-refractivity contribution in [2.75, 3.05) is 7.11 Å². The van der Waals surface area contributed by atoms with Crippen molar-refractivity contribution in [2.45, 2.75) is 0 Å². The number of aromatic amines is 1. The minimum Gasteiger partial charge on any atom is -0.494 e. The van der Waals surface area contributed by atoms with Gasteiger partial charge in [-0.25, -0.2) is 0 Å². The Hall–Kier alpha value is -1.48. The summed E-state index contributed by atoms with van der Waals surface area (Å²) in [5.74, 6) is 0.539. The first-order valence-corrected chi connectivity index (χ1v) is 4.44. The molecule has 2 aromatic rings. The highest BCUT2D eigenvalue weighted by atomic mass is 35.5. The lowest BCUT2D eigenvalue weighted by Gasteiger charge is -1.97. The number of nitrogens with one attached hydrogen (secondary N) is 1. The van der Waals surface area contributed by atoms with Crippen molar-refractivity contribution >= 4 is 28.8 Å². The van der Waals surface area contributed by atoms with Crippen molar-refractivity contribution in [2.24, 2.45) is 0 Å². The molecular weight excluding hydrogens is 202 g/mol. The molecule has 0 aliphatic rings. The smallest absolute Gasteiger partial charge is 0.170 e. The van der Waals surface area contributed by atoms with Gasteiger partial charge in [0.25, 0.3) is 0 Å². The van der Waals surface area contributed by atoms with E-state index in [1.165, 1.54) is 7.11 Å². The Morgan fingerprint density at radius 2 is 2.29 bits per heavy atom. The first-order chi connectivity index (χ1) is 6.76. The molecule has 0 saturated carbocycles. The number of halogens is 1. The molecule has 1 aromatic carbocycles. The van der Waals surface area contributed by atoms with Crippen LogP contribution in [-0.2, 0) is 0 Å². The minimum absolute atomic E-state index is 0.435. The van der Waals surface area contributed by atoms with Crippen molar-refractivity contribution in [3.05, 3.63) is 28.9 Å². The maximum absolute atomic E-state index is 10.7. The summed E-state index contributed by atoms with van der Waals surface area (Å²) in [5, 5.41) is 1.44. The van der Waals surface area contributed by atoms with Gasteiger partial charge >= 0.3 is 0 Å². The monoisotopic (exact) mass is 209 g/mol. The van der Waals surface area contributed by atoms with E-state index in [-0.39, 0.29) is 0 Å². The second kappa shape index (κ2) is 3.35. The number of rotatable bonds is 2. The molecule has 0 bridgehead atoms. The fourth-order valence-electron chi connectivity index (χ4n) is 1.46. The number of fused-ring (bicyclic) bond motifs is 1. The van der Waals surface area contributed by atoms with E-state index in [1.807, 2.05) is 6.07 Å². The Bertz CT molecular complexity index is 490. The SMILES string of the molecule is COc1c(C=O)[nH]c2ccc(Cl)cc12. The molecule has 72 valence electrons. The van der Waals surface area contributed by atoms with E-state index in [1.54, 1.807) is 12.1 Å². The summed E-state index contributed by atoms with van der Waals surface area (Å²) in [7, 11) is 1.52. The van der Waals surface area contributed by atoms with E-state index < -0.39 is 0 Å². The van der Waals surface area contributed by atoms with E-state index >= 15 is 0 Å². The summed E-state index contributed by atoms with van der Waals surface area (Å²) < 4.78 is 5.12. The van der Waals surface area contributed by atoms with Gasteiger partial charge in [0.05, 0.1) is 7.11 Å². The Labute approximate surface area is 85.6 Å². The van der Waals surface area contributed by atoms with E-state index in [0.717, 1.165) is 17.2 Å². The molecular formula is C10H8ClNO2. The first-order valence-electron chi connectivity index (χ1n) is 4.06. The lowest BCUT2D eigenvalue weighted by atomic mass is 10.2. The Balaban J connectivity index is 2.81. The topological polar surface area (TPSA) is 42.1 Å². The van der Waals surface area contributed by atoms with Crippen molar-refractivity contribution in [1.82, 2.24) is 4.98 Å². The quantitative estimate of drug-likeness (QED) is 0.773. The molecule has 0 radical (unpaired) electrons. The largest absolute Gasteiger partial charge is 0.494 e. The van der Waals surface area contributed by atoms with E-state index in [0.29, 0.717) is 16.5 Å². The molecule has 3 nitrogen and oxygen atoms in total. The van der Waals surface area contributed by atoms with Gasteiger partial charge in [-0.05, 0) is 18.2 Å². The molecule has 0 unspecified atom stereocenters. The van der Waals surface area contributed by atoms with Crippen LogP contribution in [-0.4, -0.2) is 18.4 Å². The van der Waals surface area contributed by atoms with Gasteiger partial charge in [0.1, 0.15) is 5.69 Å². The Kier molecular flexibility index (Phi) is 2.17. The number of carbonyl (C=O) groups excluding carboxylic acids is 1. The van der Waals surface area contributed by atoms with E-state index in [9.17, 15) is 4.79 Å². The van der Waals surface area contributed by atoms with Crippen molar-refractivity contribution in [1.29, 1.82) is 0 Å². The predicted molar refractivity (Wildman–Crippen MR) is 55.2 cm³/mol. The molecule has 0 spiro atoms. The molecule has 2 rings (SSSR count). The van der Waals surface area contributed by atoms with Crippen LogP contribution in [0, 0.1) is 0 Å². The van der Waals surface area contributed by atoms with Crippen LogP contribution >= 0.6 is 11.6 Å². The molecule has 1 N–H and O–H groups in total. The van der Waals surface area contributed by atoms with Crippen LogP contribution < -0.4 is 4.74 Å². The summed E-state index contributed by atoms with van der Waals surface area (Å²) in [4.78, 5) is 13.6. The van der Waals surface area contributed by atoms with Crippen molar-refractivity contribution in [3.8, 4) is 5.75 Å². The first kappa shape index (κ1) is 9.09. The maximum atomic E-state index is 10.7. The number of carbonyl (C=O) groups is 1. The normalized spacial score (nSPS) is 10.4. The van der Waals surface area contributed by atoms with Crippen LogP contribution in [0.1, 0.15) is 10.5 Å². The van der Waals surface area contributed by atoms with Crippen LogP contribution in [0.25, 0.3) is 10.9 Å². The van der Waals surface area contributed by atoms with Crippen LogP contribution in [0.4, 0.5) is 0 Å². The van der Waals surface area contributed by atoms with E-state index in [2.05, 4.69) is 4.98 Å². The van der Waals surface area contributed by atoms with Crippen LogP contribution in [0.5, 0.6) is 5.75 Å². The van der Waals surface area contributed by atoms with Gasteiger partial charge < -0.3 is 9.72 Å². The summed E-state index contributed by atoms with van der Waals surface area (Å²) >= 11 is 5.84. The van der Waals surface area contributed by atoms with Crippen LogP contribution in [0.15, 0.2) is 18.2 Å². The number of ether oxygens (including phenoxy) is 1. The van der Waals surface area contributed by atoms with Gasteiger partial charge in [0, 0.05) is 15.9 Å². The summed E-state index contributed by atoms with van der Waals surface area (Å²) in [6.07, 6.45) is 0.729. The van der Waals surface area contributed by atoms with Crippen LogP contribution in [0.3, 0.4) is 0 Å². The number of methoxy groups -OCH3 is 1. The van der Waals surface area contributed by atoms with Gasteiger partial charge in [0.15, 0.2) is 12.0 Å². The highest BCUT2D eigenvalue weighted by Crippen LogP contribution is 2.30. The lowest BCUT2D eigenvalue weighted by Crippen LogP contribution is -1.86. The number of H-pyrrole nitrogens is 1. The molecule has 0 amide bonds. The zero-order valence-corrected chi connectivity index (χ0v) is 8.26. The molecule has 0 atom stereocenters. The highest BCUT2D eigenvalue weighted by molar-refractivity contribution is 6.31. The summed E-state index contributed by atoms with van der Waals surface area (Å²) in [6.45, 7) is 0. The second-order valence-corrected chi connectivity index (χ2v) is 3.32. The van der Waals surface area contributed by atoms with E-state index in [4.69, 9.17) is 16.3 Å². The average Bonchev–Trinajstić information content (AvgIpc) is 2.54. The Morgan fingerprint density at radius 3 is 2.93 bits per heavy atom. The lowest BCUT2D eigenvalue weighted by molar-refractivity contribution is 0.111. The molecule has 0 aliphatic heterocycles. The minimum atomic E-state index is 0.435. The number of aldehydes is 1. The van der Waals surface area contributed by atoms with Crippen LogP contribution in [0.2, 0.25) is 5.02 Å². The summed E-state index contributed by atoms with van der Waals surface area (Å²) in [5.41, 5.74) is 1.28. The summed E-state index contributed by atoms with van der Waals surface area (Å²) in [6, 6.07) is 5.33. The van der Waals surface area contributed by atoms with Gasteiger partial charge in [-0.3, -0.25) is 4.79 Å². The predicted octanol–water partition coefficient (Wildman–Crippen LogP) is 2.64. The zero-order chi connectivity index (χ0) is 10.1. The molecule has 0 fully saturated rings. The fraction of sp³-hybridized carbons (Fsp3) is 0.100. The molecule has 0 saturated heterocycles. The Morgan fingerprint density at radius 1 is 1.50 bits per heavy atom. The maximum Gasteiger partial charge on any atom is 0.170 e. The third-order valence-corrected chi connectivity index (χ3v) is 2.30. The van der Waals surface area contributed by atoms with Gasteiger partial charge in [-0.1, -0.05) is 11.6 Å². The molecule has 1 aromatic heterocycles. The third-order valence-electron chi connectivity index (χ3n) is 2.06. The second-order valence-electron chi connectivity index (χ2n) is 2.88. The number of hydrogen-bond acceptors (Lipinski definition) is 2. The zero-order valence-electron chi connectivity index (χ0n) is 7.50. The third kappa shape index (κ3) is 1.26. The fourth-order valence-corrected chi connectivity index (χ4v) is 1.64. The molecule has 0 aliphatic carbocycles. The number of benzene rings is 1. The van der Waals surface area contributed by atoms with Crippen molar-refractivity contribution in [3.63, 3.8) is 0 Å². The number of aromatic nitrogens is 1. The van der Waals surface area contributed by atoms with Gasteiger partial charge in [-0.15, -0.1) is 0 Å². The molecule has 1 heterocycles. The van der Waals surface area contributed by atoms with Crippen molar-refractivity contribution < 1.29 is 9.53 Å². The van der Waals surface area contributed by atoms with Gasteiger partial charge in [0.2, 0.25) is 0 Å². The van der Waals surface area contributed by atoms with Gasteiger partial charge in [-0.2, -0.15) is 0 Å². The average molecular weight is 210 g/mol. The highest BCUT2D eigenvalue weighted by Gasteiger charge is 2.10. The molecule has 14 heavy (non-hydrogen) atoms. The number of hydrogen-bond donors (Lipinski definition) is 1.